The molecule has 4 atom stereocenters. The quantitative estimate of drug-likeness (QED) is 0.0281. The van der Waals surface area contributed by atoms with Crippen molar-refractivity contribution in [3.05, 3.63) is 94.3 Å². The number of nitrogens with one attached hydrogen (secondary N) is 3. The van der Waals surface area contributed by atoms with Gasteiger partial charge in [0, 0.05) is 76.7 Å². The van der Waals surface area contributed by atoms with Gasteiger partial charge in [0.2, 0.25) is 29.6 Å². The molecule has 23 nitrogen and oxygen atoms in total. The number of benzene rings is 4. The number of likely N-dealkylation sites (N-methyl/N-ethyl adjacent to an activating group) is 1. The fourth-order valence-corrected chi connectivity index (χ4v) is 11.6. The molecule has 2 aliphatic rings. The highest BCUT2D eigenvalue weighted by Crippen LogP contribution is 2.42. The van der Waals surface area contributed by atoms with Gasteiger partial charge in [-0.3, -0.25) is 19.2 Å². The number of phenolic OH excluding ortho intramolecular Hbond substituents is 1. The van der Waals surface area contributed by atoms with Crippen molar-refractivity contribution in [3.63, 3.8) is 0 Å². The maximum Gasteiger partial charge on any atom is 0.314 e. The van der Waals surface area contributed by atoms with E-state index >= 15 is 4.39 Å². The Balaban J connectivity index is 0.678. The molecule has 8 rings (SSSR count). The van der Waals surface area contributed by atoms with Crippen LogP contribution in [-0.4, -0.2) is 207 Å². The van der Waals surface area contributed by atoms with E-state index in [2.05, 4.69) is 25.9 Å². The lowest BCUT2D eigenvalue weighted by Gasteiger charge is -2.35. The van der Waals surface area contributed by atoms with Crippen molar-refractivity contribution in [2.75, 3.05) is 129 Å². The average molecular weight is 1260 g/mol. The van der Waals surface area contributed by atoms with Crippen molar-refractivity contribution in [2.45, 2.75) is 71.7 Å². The second-order valence-electron chi connectivity index (χ2n) is 22.7. The van der Waals surface area contributed by atoms with Crippen LogP contribution < -0.4 is 26.6 Å². The Kier molecular flexibility index (Phi) is 23.6. The number of halogens is 2. The number of phenols is 1. The van der Waals surface area contributed by atoms with Gasteiger partial charge >= 0.3 is 6.03 Å². The Morgan fingerprint density at radius 1 is 0.864 bits per heavy atom. The minimum atomic E-state index is -1.000. The number of anilines is 2. The number of urea groups is 1. The summed E-state index contributed by atoms with van der Waals surface area (Å²) in [6.45, 7) is 13.2. The van der Waals surface area contributed by atoms with E-state index in [0.717, 1.165) is 21.7 Å². The number of β-amino-alcohol motifs (C(OH)–C–C–N with tert-alkyl or cyclic N) is 1. The molecule has 2 aliphatic heterocycles. The van der Waals surface area contributed by atoms with E-state index in [0.29, 0.717) is 93.3 Å². The first-order valence-electron chi connectivity index (χ1n) is 29.3. The van der Waals surface area contributed by atoms with Gasteiger partial charge in [-0.2, -0.15) is 4.98 Å². The van der Waals surface area contributed by atoms with Crippen molar-refractivity contribution in [2.24, 2.45) is 11.1 Å². The van der Waals surface area contributed by atoms with E-state index in [1.54, 1.807) is 40.9 Å². The summed E-state index contributed by atoms with van der Waals surface area (Å²) >= 11 is 8.42. The highest BCUT2D eigenvalue weighted by atomic mass is 35.5. The molecule has 0 aliphatic carbocycles. The number of carbonyl (C=O) groups excluding carboxylic acids is 5. The van der Waals surface area contributed by atoms with Gasteiger partial charge in [0.1, 0.15) is 35.8 Å². The minimum absolute atomic E-state index is 0.0156. The number of fused-ring (bicyclic) bond motifs is 2. The number of aromatic hydroxyl groups is 1. The smallest absolute Gasteiger partial charge is 0.314 e. The zero-order valence-electron chi connectivity index (χ0n) is 50.5. The molecule has 474 valence electrons. The van der Waals surface area contributed by atoms with Crippen LogP contribution in [0.2, 0.25) is 5.02 Å². The number of hydrogen-bond donors (Lipinski definition) is 6. The Bertz CT molecular complexity index is 3390. The first-order valence-corrected chi connectivity index (χ1v) is 30.6. The molecule has 6 aromatic rings. The average Bonchev–Trinajstić information content (AvgIpc) is 2.47. The van der Waals surface area contributed by atoms with E-state index in [-0.39, 0.29) is 98.7 Å². The SMILES string of the molecule is Cc1ncsc1-c1ccc([C@H](C)NC(=O)[C@@H]2C[C@@H](O)CN2C(=O)[C@@H](NC(=O)COCCOCCOCCOCCOCCN(C)C(=O)CCNc2nc(N3CCN(C(N)=O)CC3)c3cc(Cl)c(-c4cc(O)cc5ccccc45)c(F)c3n2)C(C)(C)C)cc1. The summed E-state index contributed by atoms with van der Waals surface area (Å²) < 4.78 is 44.9. The summed E-state index contributed by atoms with van der Waals surface area (Å²) in [7, 11) is 1.67. The zero-order chi connectivity index (χ0) is 63.1. The molecule has 0 bridgehead atoms. The maximum atomic E-state index is 16.9. The number of thiazole rings is 1. The topological polar surface area (TPSA) is 286 Å². The molecule has 2 fully saturated rings. The number of hydrogen-bond acceptors (Lipinski definition) is 18. The molecule has 4 heterocycles. The van der Waals surface area contributed by atoms with Gasteiger partial charge in [0.15, 0.2) is 5.82 Å². The van der Waals surface area contributed by atoms with E-state index < -0.39 is 53.2 Å². The largest absolute Gasteiger partial charge is 0.508 e. The molecular weight excluding hydrogens is 1180 g/mol. The molecule has 0 unspecified atom stereocenters. The normalized spacial score (nSPS) is 16.0. The standard InChI is InChI=1S/C62H79ClFN11O12S/c1-38(40-11-13-41(14-12-40)55-39(2)67-37-88-55)68-58(80)49-33-44(77)35-75(49)59(81)56(62(3,4)5)69-50(78)36-87-30-29-86-28-27-85-26-25-84-24-23-83-22-21-72(6)51(79)15-16-66-61-70-54-47(57(71-61)73-17-19-74(20-18-73)60(65)82)34-48(63)52(53(54)64)46-32-43(76)31-42-9-7-8-10-45(42)46/h7-14,31-32,34,37-38,44,49,56,76-77H,15-30,33,35-36H2,1-6H3,(H2,65,82)(H,68,80)(H,69,78)(H,66,70,71)/t38-,44+,49-,56+/m0/s1. The molecule has 4 aromatic carbocycles. The van der Waals surface area contributed by atoms with Crippen molar-refractivity contribution in [1.82, 2.24) is 40.3 Å². The van der Waals surface area contributed by atoms with E-state index in [1.165, 1.54) is 15.9 Å². The predicted molar refractivity (Wildman–Crippen MR) is 334 cm³/mol. The minimum Gasteiger partial charge on any atom is -0.508 e. The number of rotatable bonds is 29. The Morgan fingerprint density at radius 2 is 1.51 bits per heavy atom. The molecule has 6 amide bonds. The number of amides is 6. The van der Waals surface area contributed by atoms with E-state index in [1.807, 2.05) is 88.0 Å². The van der Waals surface area contributed by atoms with Gasteiger partial charge in [-0.1, -0.05) is 80.9 Å². The Hall–Kier alpha value is -7.36. The summed E-state index contributed by atoms with van der Waals surface area (Å²) in [5.41, 5.74) is 9.92. The van der Waals surface area contributed by atoms with Gasteiger partial charge in [-0.15, -0.1) is 11.3 Å². The molecule has 0 spiro atoms. The first-order chi connectivity index (χ1) is 42.2. The monoisotopic (exact) mass is 1260 g/mol. The van der Waals surface area contributed by atoms with E-state index in [9.17, 15) is 34.2 Å². The van der Waals surface area contributed by atoms with Crippen LogP contribution in [0.1, 0.15) is 57.8 Å². The second kappa shape index (κ2) is 31.2. The summed E-state index contributed by atoms with van der Waals surface area (Å²) in [6.07, 6.45) is -0.760. The third-order valence-electron chi connectivity index (χ3n) is 15.3. The summed E-state index contributed by atoms with van der Waals surface area (Å²) in [4.78, 5) is 86.9. The molecule has 2 saturated heterocycles. The third kappa shape index (κ3) is 17.5. The summed E-state index contributed by atoms with van der Waals surface area (Å²) in [5.74, 6) is -1.83. The zero-order valence-corrected chi connectivity index (χ0v) is 52.1. The number of aromatic nitrogens is 3. The number of aliphatic hydroxyl groups is 1. The molecule has 0 saturated carbocycles. The van der Waals surface area contributed by atoms with Crippen molar-refractivity contribution in [3.8, 4) is 27.3 Å². The van der Waals surface area contributed by atoms with Crippen LogP contribution in [0, 0.1) is 18.2 Å². The first kappa shape index (κ1) is 66.6. The van der Waals surface area contributed by atoms with Crippen molar-refractivity contribution in [1.29, 1.82) is 0 Å². The summed E-state index contributed by atoms with van der Waals surface area (Å²) in [5, 5.41) is 32.0. The second-order valence-corrected chi connectivity index (χ2v) is 24.0. The van der Waals surface area contributed by atoms with Crippen molar-refractivity contribution >= 4 is 86.0 Å². The third-order valence-corrected chi connectivity index (χ3v) is 16.5. The number of aryl methyl sites for hydroxylation is 1. The van der Waals surface area contributed by atoms with E-state index in [4.69, 9.17) is 46.0 Å². The molecule has 26 heteroatoms. The fraction of sp³-hybridized carbons (Fsp3) is 0.484. The van der Waals surface area contributed by atoms with Gasteiger partial charge in [-0.05, 0) is 64.9 Å². The Morgan fingerprint density at radius 3 is 2.15 bits per heavy atom. The summed E-state index contributed by atoms with van der Waals surface area (Å²) in [6, 6.07) is 17.0. The number of nitrogens with zero attached hydrogens (tertiary/aromatic N) is 7. The lowest BCUT2D eigenvalue weighted by molar-refractivity contribution is -0.144. The fourth-order valence-electron chi connectivity index (χ4n) is 10.4. The van der Waals surface area contributed by atoms with Gasteiger partial charge in [0.05, 0.1) is 92.7 Å². The number of nitrogens with two attached hydrogens (primary N) is 1. The Labute approximate surface area is 519 Å². The van der Waals surface area contributed by atoms with Crippen LogP contribution in [0.15, 0.2) is 72.2 Å². The van der Waals surface area contributed by atoms with Crippen molar-refractivity contribution < 1.29 is 62.3 Å². The number of likely N-dealkylation sites (tertiary alicyclic amines) is 1. The van der Waals surface area contributed by atoms with Crippen LogP contribution in [0.3, 0.4) is 0 Å². The number of primary amides is 1. The lowest BCUT2D eigenvalue weighted by Crippen LogP contribution is -2.58. The maximum absolute atomic E-state index is 16.9. The highest BCUT2D eigenvalue weighted by Gasteiger charge is 2.45. The van der Waals surface area contributed by atoms with Crippen LogP contribution in [-0.2, 0) is 42.9 Å². The number of piperazine rings is 1. The van der Waals surface area contributed by atoms with Crippen LogP contribution in [0.5, 0.6) is 5.75 Å². The van der Waals surface area contributed by atoms with Gasteiger partial charge in [-0.25, -0.2) is 19.2 Å². The van der Waals surface area contributed by atoms with Gasteiger partial charge < -0.3 is 75.2 Å². The number of aliphatic hydroxyl groups excluding tert-OH is 1. The number of carbonyl (C=O) groups is 5. The van der Waals surface area contributed by atoms with Crippen LogP contribution in [0.4, 0.5) is 21.0 Å². The molecule has 2 aromatic heterocycles. The lowest BCUT2D eigenvalue weighted by atomic mass is 9.85. The predicted octanol–water partition coefficient (Wildman–Crippen LogP) is 6.29. The molecule has 88 heavy (non-hydrogen) atoms. The van der Waals surface area contributed by atoms with Crippen LogP contribution in [0.25, 0.3) is 43.2 Å². The number of ether oxygens (including phenoxy) is 5. The molecule has 0 radical (unpaired) electrons. The van der Waals surface area contributed by atoms with Gasteiger partial charge in [0.25, 0.3) is 0 Å². The van der Waals surface area contributed by atoms with Crippen LogP contribution >= 0.6 is 22.9 Å². The molecule has 7 N–H and O–H groups in total. The molecular formula is C62H79ClFN11O12S. The highest BCUT2D eigenvalue weighted by molar-refractivity contribution is 7.13.